The standard InChI is InChI=1S/C17H12ClN5O4/c18-12-3-1-9(7-14(12)23(26)27)16(24)20-10-2-4-13-11(8-10)15-19-5-6-22(15)17(25)21-13/h1-4,7-8,19H,5-6H2,(H,20,24). The summed E-state index contributed by atoms with van der Waals surface area (Å²) in [6.45, 7) is 1.16. The fraction of sp³-hybridized carbons (Fsp3) is 0.118. The number of nitrogens with zero attached hydrogens (tertiary/aromatic N) is 3. The number of nitro groups is 1. The molecule has 4 rings (SSSR count). The third kappa shape index (κ3) is 2.97. The molecule has 27 heavy (non-hydrogen) atoms. The van der Waals surface area contributed by atoms with Crippen LogP contribution >= 0.6 is 11.6 Å². The first kappa shape index (κ1) is 17.0. The van der Waals surface area contributed by atoms with Crippen LogP contribution in [0.4, 0.5) is 17.2 Å². The van der Waals surface area contributed by atoms with E-state index in [1.807, 2.05) is 0 Å². The summed E-state index contributed by atoms with van der Waals surface area (Å²) in [6.07, 6.45) is 0. The van der Waals surface area contributed by atoms with Crippen molar-refractivity contribution in [2.75, 3.05) is 17.2 Å². The van der Waals surface area contributed by atoms with Gasteiger partial charge in [0.15, 0.2) is 0 Å². The number of nitro benzene ring substituents is 1. The van der Waals surface area contributed by atoms with Crippen LogP contribution in [0.2, 0.25) is 5.02 Å². The number of anilines is 2. The zero-order valence-electron chi connectivity index (χ0n) is 13.7. The molecule has 0 radical (unpaired) electrons. The number of fused-ring (bicyclic) bond motifs is 3. The fourth-order valence-electron chi connectivity index (χ4n) is 2.99. The third-order valence-electron chi connectivity index (χ3n) is 4.26. The zero-order chi connectivity index (χ0) is 19.1. The SMILES string of the molecule is O=C(Nc1ccc2nc(=O)n3c(c2c1)NCC3)c1ccc(Cl)c([N+](=O)[O-])c1. The molecule has 1 amide bonds. The summed E-state index contributed by atoms with van der Waals surface area (Å²) in [5, 5.41) is 17.5. The lowest BCUT2D eigenvalue weighted by Crippen LogP contribution is -2.21. The van der Waals surface area contributed by atoms with Gasteiger partial charge in [-0.15, -0.1) is 0 Å². The van der Waals surface area contributed by atoms with Crippen molar-refractivity contribution in [1.29, 1.82) is 0 Å². The number of hydrogen-bond donors (Lipinski definition) is 2. The number of aromatic nitrogens is 2. The Kier molecular flexibility index (Phi) is 4.00. The minimum atomic E-state index is -0.645. The summed E-state index contributed by atoms with van der Waals surface area (Å²) in [7, 11) is 0. The molecule has 0 aliphatic carbocycles. The molecular weight excluding hydrogens is 374 g/mol. The van der Waals surface area contributed by atoms with Crippen molar-refractivity contribution in [3.63, 3.8) is 0 Å². The molecule has 3 aromatic rings. The van der Waals surface area contributed by atoms with Gasteiger partial charge in [-0.2, -0.15) is 4.98 Å². The average Bonchev–Trinajstić information content (AvgIpc) is 3.13. The highest BCUT2D eigenvalue weighted by Gasteiger charge is 2.18. The highest BCUT2D eigenvalue weighted by molar-refractivity contribution is 6.32. The molecule has 2 heterocycles. The average molecular weight is 386 g/mol. The van der Waals surface area contributed by atoms with E-state index in [2.05, 4.69) is 15.6 Å². The van der Waals surface area contributed by atoms with Gasteiger partial charge in [0.2, 0.25) is 0 Å². The number of carbonyl (C=O) groups is 1. The van der Waals surface area contributed by atoms with Gasteiger partial charge in [0.05, 0.1) is 10.4 Å². The number of benzene rings is 2. The van der Waals surface area contributed by atoms with Gasteiger partial charge < -0.3 is 10.6 Å². The summed E-state index contributed by atoms with van der Waals surface area (Å²) in [5.41, 5.74) is 0.431. The minimum absolute atomic E-state index is 0.0413. The molecule has 1 aliphatic rings. The summed E-state index contributed by atoms with van der Waals surface area (Å²) in [6, 6.07) is 8.79. The molecule has 2 aromatic carbocycles. The van der Waals surface area contributed by atoms with Crippen LogP contribution in [0.3, 0.4) is 0 Å². The first-order valence-electron chi connectivity index (χ1n) is 7.98. The largest absolute Gasteiger partial charge is 0.369 e. The number of nitrogens with one attached hydrogen (secondary N) is 2. The second-order valence-corrected chi connectivity index (χ2v) is 6.34. The maximum Gasteiger partial charge on any atom is 0.349 e. The topological polar surface area (TPSA) is 119 Å². The fourth-order valence-corrected chi connectivity index (χ4v) is 3.17. The Balaban J connectivity index is 1.69. The van der Waals surface area contributed by atoms with Crippen molar-refractivity contribution in [3.8, 4) is 0 Å². The van der Waals surface area contributed by atoms with Crippen LogP contribution < -0.4 is 16.3 Å². The minimum Gasteiger partial charge on any atom is -0.369 e. The first-order chi connectivity index (χ1) is 12.9. The van der Waals surface area contributed by atoms with Gasteiger partial charge in [0.25, 0.3) is 11.6 Å². The van der Waals surface area contributed by atoms with Crippen molar-refractivity contribution in [3.05, 3.63) is 67.6 Å². The lowest BCUT2D eigenvalue weighted by molar-refractivity contribution is -0.384. The summed E-state index contributed by atoms with van der Waals surface area (Å²) in [4.78, 5) is 38.8. The van der Waals surface area contributed by atoms with E-state index in [1.165, 1.54) is 16.7 Å². The quantitative estimate of drug-likeness (QED) is 0.528. The molecule has 0 unspecified atom stereocenters. The van der Waals surface area contributed by atoms with Crippen LogP contribution in [0.5, 0.6) is 0 Å². The summed E-state index contributed by atoms with van der Waals surface area (Å²) >= 11 is 5.77. The Bertz CT molecular complexity index is 1170. The van der Waals surface area contributed by atoms with Crippen molar-refractivity contribution >= 4 is 45.6 Å². The number of halogens is 1. The van der Waals surface area contributed by atoms with Gasteiger partial charge in [-0.3, -0.25) is 19.5 Å². The number of hydrogen-bond acceptors (Lipinski definition) is 6. The number of amides is 1. The van der Waals surface area contributed by atoms with E-state index in [1.54, 1.807) is 18.2 Å². The highest BCUT2D eigenvalue weighted by atomic mass is 35.5. The van der Waals surface area contributed by atoms with E-state index in [9.17, 15) is 19.7 Å². The van der Waals surface area contributed by atoms with Crippen LogP contribution in [-0.2, 0) is 6.54 Å². The van der Waals surface area contributed by atoms with E-state index >= 15 is 0 Å². The van der Waals surface area contributed by atoms with Gasteiger partial charge in [0, 0.05) is 35.8 Å². The molecule has 10 heteroatoms. The van der Waals surface area contributed by atoms with Gasteiger partial charge in [-0.05, 0) is 30.3 Å². The van der Waals surface area contributed by atoms with E-state index in [4.69, 9.17) is 11.6 Å². The van der Waals surface area contributed by atoms with Crippen molar-refractivity contribution in [2.45, 2.75) is 6.54 Å². The molecule has 1 aliphatic heterocycles. The van der Waals surface area contributed by atoms with Crippen molar-refractivity contribution in [2.24, 2.45) is 0 Å². The van der Waals surface area contributed by atoms with Crippen LogP contribution in [0.1, 0.15) is 10.4 Å². The highest BCUT2D eigenvalue weighted by Crippen LogP contribution is 2.28. The Labute approximate surface area is 156 Å². The molecule has 0 spiro atoms. The zero-order valence-corrected chi connectivity index (χ0v) is 14.5. The molecular formula is C17H12ClN5O4. The Morgan fingerprint density at radius 2 is 2.11 bits per heavy atom. The Morgan fingerprint density at radius 1 is 1.30 bits per heavy atom. The lowest BCUT2D eigenvalue weighted by atomic mass is 10.1. The van der Waals surface area contributed by atoms with Crippen LogP contribution in [-0.4, -0.2) is 26.9 Å². The predicted molar refractivity (Wildman–Crippen MR) is 101 cm³/mol. The van der Waals surface area contributed by atoms with E-state index in [0.717, 1.165) is 6.07 Å². The normalized spacial score (nSPS) is 12.5. The van der Waals surface area contributed by atoms with Gasteiger partial charge in [0.1, 0.15) is 10.8 Å². The second kappa shape index (κ2) is 6.36. The van der Waals surface area contributed by atoms with E-state index in [0.29, 0.717) is 35.5 Å². The van der Waals surface area contributed by atoms with Crippen LogP contribution in [0.15, 0.2) is 41.2 Å². The Morgan fingerprint density at radius 3 is 2.89 bits per heavy atom. The molecule has 0 saturated carbocycles. The van der Waals surface area contributed by atoms with Crippen molar-refractivity contribution < 1.29 is 9.72 Å². The van der Waals surface area contributed by atoms with Gasteiger partial charge in [-0.25, -0.2) is 4.79 Å². The second-order valence-electron chi connectivity index (χ2n) is 5.93. The molecule has 9 nitrogen and oxygen atoms in total. The monoisotopic (exact) mass is 385 g/mol. The predicted octanol–water partition coefficient (Wildman–Crippen LogP) is 2.64. The van der Waals surface area contributed by atoms with Gasteiger partial charge in [-0.1, -0.05) is 11.6 Å². The van der Waals surface area contributed by atoms with Gasteiger partial charge >= 0.3 is 5.69 Å². The molecule has 0 saturated heterocycles. The molecule has 0 fully saturated rings. The number of carbonyl (C=O) groups excluding carboxylic acids is 1. The molecule has 1 aromatic heterocycles. The molecule has 0 bridgehead atoms. The molecule has 2 N–H and O–H groups in total. The van der Waals surface area contributed by atoms with E-state index in [-0.39, 0.29) is 22.0 Å². The van der Waals surface area contributed by atoms with Crippen LogP contribution in [0, 0.1) is 10.1 Å². The first-order valence-corrected chi connectivity index (χ1v) is 8.35. The Hall–Kier alpha value is -3.46. The summed E-state index contributed by atoms with van der Waals surface area (Å²) < 4.78 is 1.54. The smallest absolute Gasteiger partial charge is 0.349 e. The molecule has 0 atom stereocenters. The maximum atomic E-state index is 12.5. The third-order valence-corrected chi connectivity index (χ3v) is 4.58. The lowest BCUT2D eigenvalue weighted by Gasteiger charge is -2.09. The molecule has 136 valence electrons. The summed E-state index contributed by atoms with van der Waals surface area (Å²) in [5.74, 6) is 0.142. The number of rotatable bonds is 3. The van der Waals surface area contributed by atoms with Crippen LogP contribution in [0.25, 0.3) is 10.9 Å². The maximum absolute atomic E-state index is 12.5. The van der Waals surface area contributed by atoms with E-state index < -0.39 is 10.8 Å². The van der Waals surface area contributed by atoms with Crippen molar-refractivity contribution in [1.82, 2.24) is 9.55 Å².